The second-order valence-corrected chi connectivity index (χ2v) is 4.99. The SMILES string of the molecule is CCOc1ccc(C(O)CCN2CCOCC2)cc1N. The molecule has 0 aliphatic carbocycles. The van der Waals surface area contributed by atoms with Crippen LogP contribution in [0.1, 0.15) is 25.0 Å². The first-order valence-electron chi connectivity index (χ1n) is 7.21. The van der Waals surface area contributed by atoms with Crippen LogP contribution < -0.4 is 10.5 Å². The largest absolute Gasteiger partial charge is 0.492 e. The van der Waals surface area contributed by atoms with E-state index in [0.717, 1.165) is 38.4 Å². The Morgan fingerprint density at radius 2 is 2.15 bits per heavy atom. The highest BCUT2D eigenvalue weighted by atomic mass is 16.5. The molecular formula is C15H24N2O3. The first kappa shape index (κ1) is 15.1. The molecule has 1 aromatic carbocycles. The van der Waals surface area contributed by atoms with Gasteiger partial charge in [0.05, 0.1) is 31.6 Å². The molecule has 0 spiro atoms. The maximum absolute atomic E-state index is 10.2. The Labute approximate surface area is 120 Å². The molecule has 112 valence electrons. The molecule has 1 aromatic rings. The van der Waals surface area contributed by atoms with Gasteiger partial charge in [0.15, 0.2) is 0 Å². The Morgan fingerprint density at radius 3 is 2.80 bits per heavy atom. The number of anilines is 1. The van der Waals surface area contributed by atoms with Crippen molar-refractivity contribution in [3.05, 3.63) is 23.8 Å². The van der Waals surface area contributed by atoms with Crippen LogP contribution in [-0.2, 0) is 4.74 Å². The van der Waals surface area contributed by atoms with Gasteiger partial charge in [-0.05, 0) is 31.0 Å². The molecule has 0 saturated carbocycles. The third-order valence-corrected chi connectivity index (χ3v) is 3.54. The van der Waals surface area contributed by atoms with Crippen LogP contribution in [-0.4, -0.2) is 49.5 Å². The van der Waals surface area contributed by atoms with Gasteiger partial charge in [0.1, 0.15) is 5.75 Å². The number of rotatable bonds is 6. The van der Waals surface area contributed by atoms with Gasteiger partial charge in [-0.2, -0.15) is 0 Å². The molecule has 1 fully saturated rings. The van der Waals surface area contributed by atoms with Crippen LogP contribution in [0.15, 0.2) is 18.2 Å². The monoisotopic (exact) mass is 280 g/mol. The van der Waals surface area contributed by atoms with E-state index in [9.17, 15) is 5.11 Å². The maximum Gasteiger partial charge on any atom is 0.142 e. The van der Waals surface area contributed by atoms with Gasteiger partial charge in [-0.25, -0.2) is 0 Å². The summed E-state index contributed by atoms with van der Waals surface area (Å²) >= 11 is 0. The zero-order chi connectivity index (χ0) is 14.4. The summed E-state index contributed by atoms with van der Waals surface area (Å²) in [5, 5.41) is 10.2. The summed E-state index contributed by atoms with van der Waals surface area (Å²) in [7, 11) is 0. The van der Waals surface area contributed by atoms with E-state index in [0.29, 0.717) is 24.5 Å². The van der Waals surface area contributed by atoms with E-state index >= 15 is 0 Å². The second kappa shape index (κ2) is 7.47. The lowest BCUT2D eigenvalue weighted by atomic mass is 10.1. The van der Waals surface area contributed by atoms with Gasteiger partial charge in [-0.3, -0.25) is 4.90 Å². The Morgan fingerprint density at radius 1 is 1.40 bits per heavy atom. The number of hydrogen-bond acceptors (Lipinski definition) is 5. The summed E-state index contributed by atoms with van der Waals surface area (Å²) in [6.45, 7) is 6.83. The minimum absolute atomic E-state index is 0.490. The van der Waals surface area contributed by atoms with Gasteiger partial charge < -0.3 is 20.3 Å². The molecule has 5 nitrogen and oxygen atoms in total. The molecule has 1 atom stereocenters. The minimum Gasteiger partial charge on any atom is -0.492 e. The molecule has 5 heteroatoms. The van der Waals surface area contributed by atoms with Crippen molar-refractivity contribution in [1.82, 2.24) is 4.90 Å². The molecule has 1 unspecified atom stereocenters. The third-order valence-electron chi connectivity index (χ3n) is 3.54. The Kier molecular flexibility index (Phi) is 5.64. The quantitative estimate of drug-likeness (QED) is 0.771. The second-order valence-electron chi connectivity index (χ2n) is 4.99. The van der Waals surface area contributed by atoms with Crippen molar-refractivity contribution in [2.45, 2.75) is 19.4 Å². The average Bonchev–Trinajstić information content (AvgIpc) is 2.48. The molecule has 0 bridgehead atoms. The van der Waals surface area contributed by atoms with Crippen LogP contribution >= 0.6 is 0 Å². The Hall–Kier alpha value is -1.30. The number of ether oxygens (including phenoxy) is 2. The number of aliphatic hydroxyl groups is 1. The molecule has 0 amide bonds. The fourth-order valence-corrected chi connectivity index (χ4v) is 2.36. The summed E-state index contributed by atoms with van der Waals surface area (Å²) in [4.78, 5) is 2.31. The fraction of sp³-hybridized carbons (Fsp3) is 0.600. The molecule has 1 heterocycles. The predicted octanol–water partition coefficient (Wildman–Crippen LogP) is 1.42. The van der Waals surface area contributed by atoms with Gasteiger partial charge in [0.25, 0.3) is 0 Å². The van der Waals surface area contributed by atoms with Crippen molar-refractivity contribution in [2.24, 2.45) is 0 Å². The number of morpholine rings is 1. The van der Waals surface area contributed by atoms with Crippen LogP contribution in [0.4, 0.5) is 5.69 Å². The van der Waals surface area contributed by atoms with E-state index in [1.807, 2.05) is 19.1 Å². The van der Waals surface area contributed by atoms with Crippen LogP contribution in [0, 0.1) is 0 Å². The molecule has 1 saturated heterocycles. The van der Waals surface area contributed by atoms with E-state index in [1.165, 1.54) is 0 Å². The topological polar surface area (TPSA) is 68.0 Å². The number of aliphatic hydroxyl groups excluding tert-OH is 1. The van der Waals surface area contributed by atoms with Crippen LogP contribution in [0.3, 0.4) is 0 Å². The van der Waals surface area contributed by atoms with Gasteiger partial charge in [-0.1, -0.05) is 6.07 Å². The molecule has 0 aromatic heterocycles. The highest BCUT2D eigenvalue weighted by Gasteiger charge is 2.14. The third kappa shape index (κ3) is 4.10. The van der Waals surface area contributed by atoms with Crippen molar-refractivity contribution in [3.8, 4) is 5.75 Å². The van der Waals surface area contributed by atoms with Gasteiger partial charge in [0, 0.05) is 19.6 Å². The van der Waals surface area contributed by atoms with Crippen molar-refractivity contribution in [3.63, 3.8) is 0 Å². The Balaban J connectivity index is 1.88. The molecule has 1 aliphatic heterocycles. The van der Waals surface area contributed by atoms with Crippen molar-refractivity contribution in [2.75, 3.05) is 45.2 Å². The zero-order valence-electron chi connectivity index (χ0n) is 12.0. The molecule has 0 radical (unpaired) electrons. The molecule has 1 aliphatic rings. The van der Waals surface area contributed by atoms with Gasteiger partial charge in [-0.15, -0.1) is 0 Å². The van der Waals surface area contributed by atoms with E-state index in [1.54, 1.807) is 6.07 Å². The number of benzene rings is 1. The van der Waals surface area contributed by atoms with E-state index in [4.69, 9.17) is 15.2 Å². The fourth-order valence-electron chi connectivity index (χ4n) is 2.36. The van der Waals surface area contributed by atoms with Crippen molar-refractivity contribution >= 4 is 5.69 Å². The highest BCUT2D eigenvalue weighted by Crippen LogP contribution is 2.27. The van der Waals surface area contributed by atoms with Crippen molar-refractivity contribution < 1.29 is 14.6 Å². The maximum atomic E-state index is 10.2. The Bertz CT molecular complexity index is 420. The zero-order valence-corrected chi connectivity index (χ0v) is 12.0. The summed E-state index contributed by atoms with van der Waals surface area (Å²) in [6.07, 6.45) is 0.212. The normalized spacial score (nSPS) is 17.9. The van der Waals surface area contributed by atoms with E-state index in [-0.39, 0.29) is 0 Å². The van der Waals surface area contributed by atoms with Crippen molar-refractivity contribution in [1.29, 1.82) is 0 Å². The lowest BCUT2D eigenvalue weighted by Gasteiger charge is -2.27. The smallest absolute Gasteiger partial charge is 0.142 e. The number of nitrogens with two attached hydrogens (primary N) is 1. The number of nitrogen functional groups attached to an aromatic ring is 1. The first-order valence-corrected chi connectivity index (χ1v) is 7.21. The van der Waals surface area contributed by atoms with Crippen LogP contribution in [0.5, 0.6) is 5.75 Å². The molecular weight excluding hydrogens is 256 g/mol. The average molecular weight is 280 g/mol. The number of hydrogen-bond donors (Lipinski definition) is 2. The standard InChI is InChI=1S/C15H24N2O3/c1-2-20-15-4-3-12(11-13(15)16)14(18)5-6-17-7-9-19-10-8-17/h3-4,11,14,18H,2,5-10,16H2,1H3. The summed E-state index contributed by atoms with van der Waals surface area (Å²) in [6, 6.07) is 5.51. The summed E-state index contributed by atoms with van der Waals surface area (Å²) in [5.41, 5.74) is 7.35. The summed E-state index contributed by atoms with van der Waals surface area (Å²) in [5.74, 6) is 0.677. The number of nitrogens with zero attached hydrogens (tertiary/aromatic N) is 1. The lowest BCUT2D eigenvalue weighted by molar-refractivity contribution is 0.0300. The van der Waals surface area contributed by atoms with Crippen LogP contribution in [0.2, 0.25) is 0 Å². The van der Waals surface area contributed by atoms with E-state index in [2.05, 4.69) is 4.90 Å². The van der Waals surface area contributed by atoms with E-state index < -0.39 is 6.10 Å². The highest BCUT2D eigenvalue weighted by molar-refractivity contribution is 5.54. The minimum atomic E-state index is -0.490. The lowest BCUT2D eigenvalue weighted by Crippen LogP contribution is -2.37. The predicted molar refractivity (Wildman–Crippen MR) is 78.9 cm³/mol. The first-order chi connectivity index (χ1) is 9.70. The van der Waals surface area contributed by atoms with Gasteiger partial charge in [0.2, 0.25) is 0 Å². The summed E-state index contributed by atoms with van der Waals surface area (Å²) < 4.78 is 10.7. The molecule has 3 N–H and O–H groups in total. The molecule has 20 heavy (non-hydrogen) atoms. The van der Waals surface area contributed by atoms with Gasteiger partial charge >= 0.3 is 0 Å². The molecule has 2 rings (SSSR count). The van der Waals surface area contributed by atoms with Crippen LogP contribution in [0.25, 0.3) is 0 Å².